The Hall–Kier alpha value is -2.11. The Balaban J connectivity index is 2.07. The Kier molecular flexibility index (Phi) is 4.71. The van der Waals surface area contributed by atoms with Crippen molar-refractivity contribution in [3.8, 4) is 0 Å². The zero-order valence-corrected chi connectivity index (χ0v) is 15.5. The molecule has 0 aromatic heterocycles. The number of sulfone groups is 1. The van der Waals surface area contributed by atoms with Crippen LogP contribution in [-0.4, -0.2) is 26.1 Å². The van der Waals surface area contributed by atoms with Crippen LogP contribution in [0.25, 0.3) is 0 Å². The lowest BCUT2D eigenvalue weighted by Crippen LogP contribution is -2.41. The first-order chi connectivity index (χ1) is 11.8. The topological polar surface area (TPSA) is 54.5 Å². The van der Waals surface area contributed by atoms with Gasteiger partial charge >= 0.3 is 0 Å². The molecule has 0 fully saturated rings. The molecule has 0 bridgehead atoms. The van der Waals surface area contributed by atoms with Crippen molar-refractivity contribution < 1.29 is 13.2 Å². The first-order valence-corrected chi connectivity index (χ1v) is 9.93. The van der Waals surface area contributed by atoms with Crippen LogP contribution in [0.4, 0.5) is 5.69 Å². The highest BCUT2D eigenvalue weighted by Crippen LogP contribution is 2.29. The van der Waals surface area contributed by atoms with Crippen molar-refractivity contribution in [1.82, 2.24) is 0 Å². The second kappa shape index (κ2) is 6.65. The van der Waals surface area contributed by atoms with Gasteiger partial charge in [0.05, 0.1) is 11.8 Å². The van der Waals surface area contributed by atoms with Crippen LogP contribution in [0.3, 0.4) is 0 Å². The minimum atomic E-state index is -3.30. The van der Waals surface area contributed by atoms with E-state index in [1.54, 1.807) is 30.3 Å². The maximum Gasteiger partial charge on any atom is 0.258 e. The molecule has 4 nitrogen and oxygen atoms in total. The van der Waals surface area contributed by atoms with E-state index in [0.717, 1.165) is 11.1 Å². The third kappa shape index (κ3) is 3.78. The van der Waals surface area contributed by atoms with Crippen LogP contribution >= 0.6 is 11.6 Å². The van der Waals surface area contributed by atoms with Gasteiger partial charge in [0.15, 0.2) is 9.84 Å². The number of nitrogens with zero attached hydrogens (tertiary/aromatic N) is 1. The Morgan fingerprint density at radius 3 is 2.52 bits per heavy atom. The number of anilines is 1. The quantitative estimate of drug-likeness (QED) is 0.817. The molecule has 0 unspecified atom stereocenters. The van der Waals surface area contributed by atoms with Crippen molar-refractivity contribution in [3.63, 3.8) is 0 Å². The lowest BCUT2D eigenvalue weighted by atomic mass is 10.1. The monoisotopic (exact) mass is 375 g/mol. The molecule has 25 heavy (non-hydrogen) atoms. The van der Waals surface area contributed by atoms with Crippen molar-refractivity contribution in [3.05, 3.63) is 75.7 Å². The molecule has 1 amide bonds. The summed E-state index contributed by atoms with van der Waals surface area (Å²) in [7, 11) is -3.30. The van der Waals surface area contributed by atoms with Crippen LogP contribution in [0, 0.1) is 13.8 Å². The Bertz CT molecular complexity index is 966. The Morgan fingerprint density at radius 2 is 1.92 bits per heavy atom. The van der Waals surface area contributed by atoms with Gasteiger partial charge < -0.3 is 4.90 Å². The molecule has 2 aromatic rings. The lowest BCUT2D eigenvalue weighted by Gasteiger charge is -2.28. The van der Waals surface area contributed by atoms with Crippen molar-refractivity contribution in [2.24, 2.45) is 0 Å². The molecule has 1 aliphatic rings. The van der Waals surface area contributed by atoms with Crippen molar-refractivity contribution >= 4 is 33.0 Å². The van der Waals surface area contributed by atoms with Gasteiger partial charge in [-0.1, -0.05) is 35.4 Å². The van der Waals surface area contributed by atoms with E-state index in [1.165, 1.54) is 10.3 Å². The number of carbonyl (C=O) groups is 1. The molecule has 1 aliphatic heterocycles. The van der Waals surface area contributed by atoms with E-state index in [0.29, 0.717) is 16.3 Å². The van der Waals surface area contributed by atoms with Gasteiger partial charge in [0.2, 0.25) is 0 Å². The summed E-state index contributed by atoms with van der Waals surface area (Å²) in [5, 5.41) is 1.70. The maximum absolute atomic E-state index is 13.1. The number of hydrogen-bond acceptors (Lipinski definition) is 3. The third-order valence-electron chi connectivity index (χ3n) is 4.16. The number of aryl methyl sites for hydroxylation is 2. The van der Waals surface area contributed by atoms with E-state index in [-0.39, 0.29) is 11.7 Å². The molecule has 0 saturated carbocycles. The summed E-state index contributed by atoms with van der Waals surface area (Å²) in [5.41, 5.74) is 2.94. The van der Waals surface area contributed by atoms with Crippen molar-refractivity contribution in [2.75, 3.05) is 10.7 Å². The molecular weight excluding hydrogens is 358 g/mol. The summed E-state index contributed by atoms with van der Waals surface area (Å²) in [4.78, 5) is 14.6. The van der Waals surface area contributed by atoms with Crippen LogP contribution < -0.4 is 4.90 Å². The smallest absolute Gasteiger partial charge is 0.258 e. The van der Waals surface area contributed by atoms with E-state index in [1.807, 2.05) is 32.0 Å². The average Bonchev–Trinajstić information content (AvgIpc) is 2.90. The van der Waals surface area contributed by atoms with Crippen molar-refractivity contribution in [1.29, 1.82) is 0 Å². The highest BCUT2D eigenvalue weighted by molar-refractivity contribution is 7.94. The summed E-state index contributed by atoms with van der Waals surface area (Å²) in [5.74, 6) is -0.383. The van der Waals surface area contributed by atoms with E-state index in [2.05, 4.69) is 0 Å². The molecule has 2 aromatic carbocycles. The van der Waals surface area contributed by atoms with E-state index in [4.69, 9.17) is 11.6 Å². The number of rotatable bonds is 3. The van der Waals surface area contributed by atoms with Crippen LogP contribution in [0.15, 0.2) is 53.9 Å². The normalized spacial score (nSPS) is 18.3. The van der Waals surface area contributed by atoms with Crippen LogP contribution in [0.5, 0.6) is 0 Å². The van der Waals surface area contributed by atoms with Crippen LogP contribution in [-0.2, 0) is 9.84 Å². The highest BCUT2D eigenvalue weighted by Gasteiger charge is 2.32. The molecule has 3 rings (SSSR count). The molecular formula is C19H18ClNO3S. The van der Waals surface area contributed by atoms with Gasteiger partial charge in [-0.25, -0.2) is 8.42 Å². The predicted octanol–water partition coefficient (Wildman–Crippen LogP) is 3.91. The van der Waals surface area contributed by atoms with Crippen molar-refractivity contribution in [2.45, 2.75) is 19.9 Å². The number of hydrogen-bond donors (Lipinski definition) is 0. The summed E-state index contributed by atoms with van der Waals surface area (Å²) >= 11 is 6.22. The first kappa shape index (κ1) is 17.7. The van der Waals surface area contributed by atoms with Gasteiger partial charge in [-0.15, -0.1) is 0 Å². The number of halogens is 1. The predicted molar refractivity (Wildman–Crippen MR) is 101 cm³/mol. The van der Waals surface area contributed by atoms with E-state index < -0.39 is 15.9 Å². The van der Waals surface area contributed by atoms with Gasteiger partial charge in [0.1, 0.15) is 0 Å². The fourth-order valence-corrected chi connectivity index (χ4v) is 4.27. The molecule has 0 saturated heterocycles. The Labute approximate surface area is 152 Å². The Morgan fingerprint density at radius 1 is 1.16 bits per heavy atom. The SMILES string of the molecule is Cc1cccc(C(=O)N(c2ccc(C)c(Cl)c2)[C@H]2C=CS(=O)(=O)C2)c1. The largest absolute Gasteiger partial charge is 0.300 e. The molecule has 130 valence electrons. The molecule has 0 aliphatic carbocycles. The fraction of sp³-hybridized carbons (Fsp3) is 0.211. The van der Waals surface area contributed by atoms with Crippen LogP contribution in [0.2, 0.25) is 5.02 Å². The molecule has 0 N–H and O–H groups in total. The minimum Gasteiger partial charge on any atom is -0.300 e. The number of amides is 1. The zero-order valence-electron chi connectivity index (χ0n) is 13.9. The summed E-state index contributed by atoms with van der Waals surface area (Å²) < 4.78 is 23.7. The van der Waals surface area contributed by atoms with E-state index in [9.17, 15) is 13.2 Å². The lowest BCUT2D eigenvalue weighted by molar-refractivity contribution is 0.0983. The third-order valence-corrected chi connectivity index (χ3v) is 5.95. The summed E-state index contributed by atoms with van der Waals surface area (Å²) in [6.07, 6.45) is 1.55. The molecule has 1 heterocycles. The fourth-order valence-electron chi connectivity index (χ4n) is 2.83. The van der Waals surface area contributed by atoms with Gasteiger partial charge in [-0.3, -0.25) is 4.79 Å². The average molecular weight is 376 g/mol. The number of carbonyl (C=O) groups excluding carboxylic acids is 1. The summed E-state index contributed by atoms with van der Waals surface area (Å²) in [6, 6.07) is 12.0. The minimum absolute atomic E-state index is 0.129. The second-order valence-corrected chi connectivity index (χ2v) is 8.54. The molecule has 1 atom stereocenters. The molecule has 0 spiro atoms. The van der Waals surface area contributed by atoms with Gasteiger partial charge in [-0.05, 0) is 49.8 Å². The molecule has 6 heteroatoms. The summed E-state index contributed by atoms with van der Waals surface area (Å²) in [6.45, 7) is 3.78. The van der Waals surface area contributed by atoms with E-state index >= 15 is 0 Å². The van der Waals surface area contributed by atoms with Gasteiger partial charge in [0.25, 0.3) is 5.91 Å². The van der Waals surface area contributed by atoms with Gasteiger partial charge in [-0.2, -0.15) is 0 Å². The van der Waals surface area contributed by atoms with Crippen LogP contribution in [0.1, 0.15) is 21.5 Å². The first-order valence-electron chi connectivity index (χ1n) is 7.84. The second-order valence-electron chi connectivity index (χ2n) is 6.20. The maximum atomic E-state index is 13.1. The molecule has 0 radical (unpaired) electrons. The van der Waals surface area contributed by atoms with Gasteiger partial charge in [0, 0.05) is 21.7 Å². The highest BCUT2D eigenvalue weighted by atomic mass is 35.5. The number of benzene rings is 2. The zero-order chi connectivity index (χ0) is 18.2. The standard InChI is InChI=1S/C19H18ClNO3S/c1-13-4-3-5-15(10-13)19(22)21(17-8-9-25(23,24)12-17)16-7-6-14(2)18(20)11-16/h3-11,17H,12H2,1-2H3/t17-/m0/s1.